The van der Waals surface area contributed by atoms with Crippen LogP contribution >= 0.6 is 12.2 Å². The highest BCUT2D eigenvalue weighted by atomic mass is 32.1. The van der Waals surface area contributed by atoms with E-state index in [4.69, 9.17) is 12.2 Å². The van der Waals surface area contributed by atoms with Crippen LogP contribution in [0, 0.1) is 20.8 Å². The number of hydrogen-bond donors (Lipinski definition) is 2. The standard InChI is InChI=1S/C21H23N5OS/c1-14-9-8-12-18(15(14)2)23-21(28)24-22-13-19-16(3)20(27)26(25(19)4)17-10-6-5-7-11-17/h5-13H,1-4H3,(H2,23,24,28)/b22-13-. The Hall–Kier alpha value is -3.19. The number of para-hydroxylation sites is 1. The van der Waals surface area contributed by atoms with Gasteiger partial charge in [-0.15, -0.1) is 0 Å². The predicted octanol–water partition coefficient (Wildman–Crippen LogP) is 3.42. The molecular formula is C21H23N5OS. The first-order valence-electron chi connectivity index (χ1n) is 8.90. The van der Waals surface area contributed by atoms with Crippen LogP contribution in [0.3, 0.4) is 0 Å². The molecule has 0 amide bonds. The van der Waals surface area contributed by atoms with Gasteiger partial charge in [-0.3, -0.25) is 14.9 Å². The Morgan fingerprint density at radius 2 is 1.75 bits per heavy atom. The second-order valence-electron chi connectivity index (χ2n) is 6.56. The van der Waals surface area contributed by atoms with Crippen LogP contribution < -0.4 is 16.3 Å². The van der Waals surface area contributed by atoms with Crippen molar-refractivity contribution >= 4 is 29.2 Å². The Morgan fingerprint density at radius 3 is 2.46 bits per heavy atom. The van der Waals surface area contributed by atoms with Gasteiger partial charge in [0.15, 0.2) is 5.11 Å². The van der Waals surface area contributed by atoms with Crippen molar-refractivity contribution in [1.82, 2.24) is 14.8 Å². The highest BCUT2D eigenvalue weighted by Crippen LogP contribution is 2.17. The lowest BCUT2D eigenvalue weighted by Crippen LogP contribution is -2.24. The molecule has 1 aromatic heterocycles. The van der Waals surface area contributed by atoms with E-state index in [0.29, 0.717) is 16.4 Å². The molecule has 3 aromatic rings. The van der Waals surface area contributed by atoms with Gasteiger partial charge >= 0.3 is 0 Å². The van der Waals surface area contributed by atoms with Crippen LogP contribution in [0.25, 0.3) is 5.69 Å². The molecule has 0 unspecified atom stereocenters. The molecule has 3 rings (SSSR count). The van der Waals surface area contributed by atoms with E-state index in [1.54, 1.807) is 22.5 Å². The zero-order valence-corrected chi connectivity index (χ0v) is 17.2. The molecule has 0 spiro atoms. The molecule has 0 radical (unpaired) electrons. The third-order valence-corrected chi connectivity index (χ3v) is 4.95. The fourth-order valence-corrected chi connectivity index (χ4v) is 3.15. The van der Waals surface area contributed by atoms with Crippen LogP contribution in [0.15, 0.2) is 58.4 Å². The lowest BCUT2D eigenvalue weighted by Gasteiger charge is -2.11. The molecule has 6 nitrogen and oxygen atoms in total. The molecule has 0 aliphatic carbocycles. The normalized spacial score (nSPS) is 11.0. The molecule has 0 aliphatic heterocycles. The van der Waals surface area contributed by atoms with Gasteiger partial charge in [-0.25, -0.2) is 4.68 Å². The number of anilines is 1. The Balaban J connectivity index is 1.77. The van der Waals surface area contributed by atoms with Crippen molar-refractivity contribution in [2.45, 2.75) is 20.8 Å². The number of hydrogen-bond acceptors (Lipinski definition) is 3. The number of nitrogens with one attached hydrogen (secondary N) is 2. The van der Waals surface area contributed by atoms with E-state index in [-0.39, 0.29) is 5.56 Å². The molecule has 0 fully saturated rings. The lowest BCUT2D eigenvalue weighted by molar-refractivity contribution is 0.642. The molecule has 7 heteroatoms. The van der Waals surface area contributed by atoms with E-state index in [2.05, 4.69) is 28.8 Å². The molecule has 144 valence electrons. The number of benzene rings is 2. The number of hydrazone groups is 1. The molecule has 0 bridgehead atoms. The largest absolute Gasteiger partial charge is 0.331 e. The summed E-state index contributed by atoms with van der Waals surface area (Å²) in [5.41, 5.74) is 8.12. The second-order valence-corrected chi connectivity index (χ2v) is 6.97. The first-order chi connectivity index (χ1) is 13.4. The summed E-state index contributed by atoms with van der Waals surface area (Å²) in [5, 5.41) is 7.73. The molecule has 0 aliphatic rings. The van der Waals surface area contributed by atoms with Gasteiger partial charge in [0.2, 0.25) is 0 Å². The van der Waals surface area contributed by atoms with Gasteiger partial charge in [0, 0.05) is 18.3 Å². The Bertz CT molecular complexity index is 1100. The summed E-state index contributed by atoms with van der Waals surface area (Å²) < 4.78 is 3.39. The lowest BCUT2D eigenvalue weighted by atomic mass is 10.1. The number of aryl methyl sites for hydroxylation is 1. The summed E-state index contributed by atoms with van der Waals surface area (Å²) in [6, 6.07) is 15.5. The number of nitrogens with zero attached hydrogens (tertiary/aromatic N) is 3. The minimum atomic E-state index is -0.0776. The van der Waals surface area contributed by atoms with Gasteiger partial charge in [-0.05, 0) is 62.3 Å². The van der Waals surface area contributed by atoms with E-state index in [1.165, 1.54) is 5.56 Å². The summed E-state index contributed by atoms with van der Waals surface area (Å²) in [7, 11) is 1.83. The van der Waals surface area contributed by atoms with Crippen LogP contribution in [0.4, 0.5) is 5.69 Å². The first kappa shape index (κ1) is 19.6. The van der Waals surface area contributed by atoms with Crippen molar-refractivity contribution in [3.05, 3.63) is 81.3 Å². The molecule has 2 N–H and O–H groups in total. The number of aromatic nitrogens is 2. The van der Waals surface area contributed by atoms with Gasteiger partial charge in [0.05, 0.1) is 17.6 Å². The Labute approximate surface area is 169 Å². The van der Waals surface area contributed by atoms with Crippen molar-refractivity contribution < 1.29 is 0 Å². The number of rotatable bonds is 4. The molecule has 0 atom stereocenters. The van der Waals surface area contributed by atoms with Crippen LogP contribution in [-0.4, -0.2) is 20.7 Å². The highest BCUT2D eigenvalue weighted by molar-refractivity contribution is 7.80. The summed E-state index contributed by atoms with van der Waals surface area (Å²) in [6.07, 6.45) is 1.60. The van der Waals surface area contributed by atoms with E-state index in [0.717, 1.165) is 16.9 Å². The SMILES string of the molecule is Cc1cccc(NC(=S)N/N=C\c2c(C)c(=O)n(-c3ccccc3)n2C)c1C. The minimum absolute atomic E-state index is 0.0776. The fourth-order valence-electron chi connectivity index (χ4n) is 2.98. The van der Waals surface area contributed by atoms with Crippen LogP contribution in [0.5, 0.6) is 0 Å². The van der Waals surface area contributed by atoms with Gasteiger partial charge < -0.3 is 5.32 Å². The van der Waals surface area contributed by atoms with E-state index < -0.39 is 0 Å². The van der Waals surface area contributed by atoms with Gasteiger partial charge in [-0.1, -0.05) is 30.3 Å². The molecule has 0 saturated heterocycles. The molecule has 28 heavy (non-hydrogen) atoms. The topological polar surface area (TPSA) is 63.4 Å². The zero-order valence-electron chi connectivity index (χ0n) is 16.4. The predicted molar refractivity (Wildman–Crippen MR) is 119 cm³/mol. The van der Waals surface area contributed by atoms with E-state index in [9.17, 15) is 4.79 Å². The monoisotopic (exact) mass is 393 g/mol. The van der Waals surface area contributed by atoms with Crippen molar-refractivity contribution in [1.29, 1.82) is 0 Å². The fraction of sp³-hybridized carbons (Fsp3) is 0.190. The zero-order chi connectivity index (χ0) is 20.3. The summed E-state index contributed by atoms with van der Waals surface area (Å²) in [4.78, 5) is 12.6. The second kappa shape index (κ2) is 8.22. The van der Waals surface area contributed by atoms with Gasteiger partial charge in [-0.2, -0.15) is 5.10 Å². The third-order valence-electron chi connectivity index (χ3n) is 4.75. The van der Waals surface area contributed by atoms with Crippen LogP contribution in [0.2, 0.25) is 0 Å². The molecular weight excluding hydrogens is 370 g/mol. The van der Waals surface area contributed by atoms with E-state index >= 15 is 0 Å². The summed E-state index contributed by atoms with van der Waals surface area (Å²) in [5.74, 6) is 0. The van der Waals surface area contributed by atoms with Crippen molar-refractivity contribution in [3.8, 4) is 5.69 Å². The van der Waals surface area contributed by atoms with Crippen LogP contribution in [0.1, 0.15) is 22.4 Å². The maximum atomic E-state index is 12.6. The van der Waals surface area contributed by atoms with Crippen molar-refractivity contribution in [3.63, 3.8) is 0 Å². The minimum Gasteiger partial charge on any atom is -0.331 e. The average molecular weight is 394 g/mol. The summed E-state index contributed by atoms with van der Waals surface area (Å²) >= 11 is 5.32. The average Bonchev–Trinajstić information content (AvgIpc) is 2.89. The number of thiocarbonyl (C=S) groups is 1. The van der Waals surface area contributed by atoms with Gasteiger partial charge in [0.25, 0.3) is 5.56 Å². The Kier molecular flexibility index (Phi) is 5.75. The smallest absolute Gasteiger partial charge is 0.274 e. The highest BCUT2D eigenvalue weighted by Gasteiger charge is 2.14. The molecule has 2 aromatic carbocycles. The molecule has 1 heterocycles. The van der Waals surface area contributed by atoms with Crippen molar-refractivity contribution in [2.24, 2.45) is 12.1 Å². The first-order valence-corrected chi connectivity index (χ1v) is 9.31. The summed E-state index contributed by atoms with van der Waals surface area (Å²) in [6.45, 7) is 5.88. The maximum absolute atomic E-state index is 12.6. The van der Waals surface area contributed by atoms with Crippen LogP contribution in [-0.2, 0) is 7.05 Å². The van der Waals surface area contributed by atoms with E-state index in [1.807, 2.05) is 56.4 Å². The third kappa shape index (κ3) is 3.89. The molecule has 0 saturated carbocycles. The Morgan fingerprint density at radius 1 is 1.04 bits per heavy atom. The van der Waals surface area contributed by atoms with Gasteiger partial charge in [0.1, 0.15) is 0 Å². The maximum Gasteiger partial charge on any atom is 0.274 e. The van der Waals surface area contributed by atoms with Crippen molar-refractivity contribution in [2.75, 3.05) is 5.32 Å². The quantitative estimate of drug-likeness (QED) is 0.405.